The number of carbonyl (C=O) groups excluding carboxylic acids is 1. The van der Waals surface area contributed by atoms with E-state index in [-0.39, 0.29) is 19.1 Å². The van der Waals surface area contributed by atoms with Gasteiger partial charge in [-0.15, -0.1) is 10.2 Å². The molecule has 162 valence electrons. The van der Waals surface area contributed by atoms with Crippen molar-refractivity contribution in [2.45, 2.75) is 17.5 Å². The number of aromatic nitrogens is 3. The predicted octanol–water partition coefficient (Wildman–Crippen LogP) is 5.02. The second kappa shape index (κ2) is 11.0. The number of thioether (sulfide) groups is 1. The van der Waals surface area contributed by atoms with Crippen molar-refractivity contribution < 1.29 is 9.53 Å². The molecule has 0 aliphatic rings. The summed E-state index contributed by atoms with van der Waals surface area (Å²) in [5, 5.41) is 12.4. The van der Waals surface area contributed by atoms with Gasteiger partial charge in [0.2, 0.25) is 0 Å². The van der Waals surface area contributed by atoms with Crippen molar-refractivity contribution in [2.24, 2.45) is 0 Å². The van der Waals surface area contributed by atoms with E-state index in [1.807, 2.05) is 77.4 Å². The summed E-state index contributed by atoms with van der Waals surface area (Å²) >= 11 is 5.06. The zero-order valence-electron chi connectivity index (χ0n) is 17.1. The first kappa shape index (κ1) is 22.1. The Morgan fingerprint density at radius 3 is 2.34 bits per heavy atom. The number of nitrogens with zero attached hydrogens (tertiary/aromatic N) is 3. The fourth-order valence-corrected chi connectivity index (χ4v) is 4.16. The number of amides is 1. The third kappa shape index (κ3) is 5.99. The quantitative estimate of drug-likeness (QED) is 0.321. The fraction of sp³-hybridized carbons (Fsp3) is 0.125. The number of carbonyl (C=O) groups is 1. The Labute approximate surface area is 199 Å². The molecule has 0 aliphatic heterocycles. The van der Waals surface area contributed by atoms with Crippen LogP contribution in [-0.4, -0.2) is 27.3 Å². The summed E-state index contributed by atoms with van der Waals surface area (Å²) in [7, 11) is 0. The highest BCUT2D eigenvalue weighted by molar-refractivity contribution is 9.10. The molecule has 0 radical (unpaired) electrons. The van der Waals surface area contributed by atoms with Crippen LogP contribution in [0.1, 0.15) is 11.4 Å². The van der Waals surface area contributed by atoms with Gasteiger partial charge in [-0.1, -0.05) is 76.2 Å². The monoisotopic (exact) mass is 508 g/mol. The van der Waals surface area contributed by atoms with Gasteiger partial charge in [-0.2, -0.15) is 0 Å². The molecule has 6 nitrogen and oxygen atoms in total. The Hall–Kier alpha value is -3.10. The van der Waals surface area contributed by atoms with Gasteiger partial charge in [0, 0.05) is 15.9 Å². The van der Waals surface area contributed by atoms with Crippen LogP contribution in [-0.2, 0) is 17.1 Å². The van der Waals surface area contributed by atoms with E-state index in [2.05, 4.69) is 43.6 Å². The number of para-hydroxylation sites is 2. The summed E-state index contributed by atoms with van der Waals surface area (Å²) in [6.07, 6.45) is 0. The molecule has 0 bridgehead atoms. The molecule has 0 fully saturated rings. The molecule has 1 aromatic heterocycles. The van der Waals surface area contributed by atoms with E-state index in [1.54, 1.807) is 11.8 Å². The number of halogens is 1. The van der Waals surface area contributed by atoms with Gasteiger partial charge in [-0.25, -0.2) is 0 Å². The first-order chi connectivity index (χ1) is 15.7. The molecule has 0 aliphatic carbocycles. The molecular formula is C24H21BrN4O2S. The zero-order valence-corrected chi connectivity index (χ0v) is 19.6. The molecule has 3 aromatic carbocycles. The highest BCUT2D eigenvalue weighted by Gasteiger charge is 2.15. The minimum absolute atomic E-state index is 0.0609. The number of rotatable bonds is 9. The van der Waals surface area contributed by atoms with Crippen LogP contribution in [0.5, 0.6) is 5.75 Å². The maximum Gasteiger partial charge on any atom is 0.258 e. The van der Waals surface area contributed by atoms with Crippen molar-refractivity contribution in [3.05, 3.63) is 101 Å². The number of ether oxygens (including phenoxy) is 1. The number of hydrogen-bond donors (Lipinski definition) is 1. The van der Waals surface area contributed by atoms with Gasteiger partial charge in [-0.05, 0) is 42.0 Å². The third-order valence-corrected chi connectivity index (χ3v) is 6.08. The molecule has 0 saturated carbocycles. The van der Waals surface area contributed by atoms with E-state index in [9.17, 15) is 4.79 Å². The Kier molecular flexibility index (Phi) is 7.58. The van der Waals surface area contributed by atoms with E-state index >= 15 is 0 Å². The number of benzene rings is 3. The molecule has 32 heavy (non-hydrogen) atoms. The topological polar surface area (TPSA) is 69.0 Å². The lowest BCUT2D eigenvalue weighted by molar-refractivity contribution is -0.123. The molecule has 1 amide bonds. The fourth-order valence-electron chi connectivity index (χ4n) is 2.97. The van der Waals surface area contributed by atoms with Gasteiger partial charge in [0.15, 0.2) is 17.6 Å². The van der Waals surface area contributed by atoms with Gasteiger partial charge >= 0.3 is 0 Å². The minimum Gasteiger partial charge on any atom is -0.484 e. The SMILES string of the molecule is O=C(COc1ccccc1)NCc1nnc(SCc2ccc(Br)cc2)n1-c1ccccc1. The van der Waals surface area contributed by atoms with Crippen molar-refractivity contribution in [1.82, 2.24) is 20.1 Å². The van der Waals surface area contributed by atoms with E-state index in [1.165, 1.54) is 5.56 Å². The standard InChI is InChI=1S/C24H21BrN4O2S/c25-19-13-11-18(12-14-19)17-32-24-28-27-22(29(24)20-7-3-1-4-8-20)15-26-23(30)16-31-21-9-5-2-6-10-21/h1-14H,15-17H2,(H,26,30). The zero-order chi connectivity index (χ0) is 22.2. The lowest BCUT2D eigenvalue weighted by Gasteiger charge is -2.11. The van der Waals surface area contributed by atoms with Gasteiger partial charge in [0.25, 0.3) is 5.91 Å². The largest absolute Gasteiger partial charge is 0.484 e. The average molecular weight is 509 g/mol. The Bertz CT molecular complexity index is 1150. The average Bonchev–Trinajstić information content (AvgIpc) is 3.25. The Morgan fingerprint density at radius 2 is 1.62 bits per heavy atom. The second-order valence-electron chi connectivity index (χ2n) is 6.86. The number of hydrogen-bond acceptors (Lipinski definition) is 5. The van der Waals surface area contributed by atoms with Crippen molar-refractivity contribution in [3.63, 3.8) is 0 Å². The van der Waals surface area contributed by atoms with Crippen LogP contribution >= 0.6 is 27.7 Å². The molecule has 0 saturated heterocycles. The normalized spacial score (nSPS) is 10.7. The summed E-state index contributed by atoms with van der Waals surface area (Å²) in [5.74, 6) is 1.85. The van der Waals surface area contributed by atoms with E-state index < -0.39 is 0 Å². The molecule has 0 spiro atoms. The first-order valence-corrected chi connectivity index (χ1v) is 11.8. The molecule has 0 unspecified atom stereocenters. The molecule has 4 rings (SSSR count). The van der Waals surface area contributed by atoms with Gasteiger partial charge < -0.3 is 10.1 Å². The maximum atomic E-state index is 12.3. The van der Waals surface area contributed by atoms with Crippen LogP contribution in [0, 0.1) is 0 Å². The van der Waals surface area contributed by atoms with Gasteiger partial charge in [-0.3, -0.25) is 9.36 Å². The van der Waals surface area contributed by atoms with Crippen molar-refractivity contribution >= 4 is 33.6 Å². The molecular weight excluding hydrogens is 488 g/mol. The van der Waals surface area contributed by atoms with Crippen LogP contribution in [0.3, 0.4) is 0 Å². The van der Waals surface area contributed by atoms with Crippen LogP contribution in [0.2, 0.25) is 0 Å². The van der Waals surface area contributed by atoms with Crippen LogP contribution in [0.4, 0.5) is 0 Å². The molecule has 1 N–H and O–H groups in total. The van der Waals surface area contributed by atoms with Crippen LogP contribution in [0.15, 0.2) is 94.6 Å². The van der Waals surface area contributed by atoms with E-state index in [4.69, 9.17) is 4.74 Å². The summed E-state index contributed by atoms with van der Waals surface area (Å²) < 4.78 is 8.53. The number of nitrogens with one attached hydrogen (secondary N) is 1. The third-order valence-electron chi connectivity index (χ3n) is 4.55. The Morgan fingerprint density at radius 1 is 0.938 bits per heavy atom. The first-order valence-electron chi connectivity index (χ1n) is 10.0. The van der Waals surface area contributed by atoms with Crippen molar-refractivity contribution in [1.29, 1.82) is 0 Å². The van der Waals surface area contributed by atoms with Gasteiger partial charge in [0.05, 0.1) is 6.54 Å². The summed E-state index contributed by atoms with van der Waals surface area (Å²) in [5.41, 5.74) is 2.13. The highest BCUT2D eigenvalue weighted by atomic mass is 79.9. The van der Waals surface area contributed by atoms with Gasteiger partial charge in [0.1, 0.15) is 5.75 Å². The van der Waals surface area contributed by atoms with Crippen LogP contribution in [0.25, 0.3) is 5.69 Å². The highest BCUT2D eigenvalue weighted by Crippen LogP contribution is 2.26. The summed E-state index contributed by atoms with van der Waals surface area (Å²) in [6.45, 7) is 0.187. The van der Waals surface area contributed by atoms with E-state index in [0.717, 1.165) is 21.1 Å². The Balaban J connectivity index is 1.44. The van der Waals surface area contributed by atoms with E-state index in [0.29, 0.717) is 11.6 Å². The van der Waals surface area contributed by atoms with Crippen LogP contribution < -0.4 is 10.1 Å². The molecule has 0 atom stereocenters. The second-order valence-corrected chi connectivity index (χ2v) is 8.72. The minimum atomic E-state index is -0.222. The summed E-state index contributed by atoms with van der Waals surface area (Å²) in [4.78, 5) is 12.3. The lowest BCUT2D eigenvalue weighted by atomic mass is 10.2. The molecule has 8 heteroatoms. The predicted molar refractivity (Wildman–Crippen MR) is 129 cm³/mol. The lowest BCUT2D eigenvalue weighted by Crippen LogP contribution is -2.29. The smallest absolute Gasteiger partial charge is 0.258 e. The summed E-state index contributed by atoms with van der Waals surface area (Å²) in [6, 6.07) is 27.3. The molecule has 4 aromatic rings. The maximum absolute atomic E-state index is 12.3. The van der Waals surface area contributed by atoms with Crippen molar-refractivity contribution in [2.75, 3.05) is 6.61 Å². The molecule has 1 heterocycles. The van der Waals surface area contributed by atoms with Crippen molar-refractivity contribution in [3.8, 4) is 11.4 Å².